The number of rotatable bonds is 3. The molecule has 0 N–H and O–H groups in total. The highest BCUT2D eigenvalue weighted by atomic mass is 19.4. The number of halogens is 3. The normalized spacial score (nSPS) is 11.7. The summed E-state index contributed by atoms with van der Waals surface area (Å²) in [4.78, 5) is 9.08. The summed E-state index contributed by atoms with van der Waals surface area (Å²) in [6.07, 6.45) is -4.44. The first-order valence-corrected chi connectivity index (χ1v) is 4.03. The Labute approximate surface area is 81.8 Å². The number of aromatic nitrogens is 3. The monoisotopic (exact) mass is 224 g/mol. The van der Waals surface area contributed by atoms with E-state index in [9.17, 15) is 23.3 Å². The van der Waals surface area contributed by atoms with E-state index in [2.05, 4.69) is 10.3 Å². The van der Waals surface area contributed by atoms with Crippen molar-refractivity contribution in [2.45, 2.75) is 26.1 Å². The second-order valence-electron chi connectivity index (χ2n) is 2.74. The lowest BCUT2D eigenvalue weighted by Gasteiger charge is -2.06. The predicted octanol–water partition coefficient (Wildman–Crippen LogP) is 1.62. The van der Waals surface area contributed by atoms with Gasteiger partial charge < -0.3 is 10.1 Å². The summed E-state index contributed by atoms with van der Waals surface area (Å²) in [5.41, 5.74) is -1.41. The first-order chi connectivity index (χ1) is 6.88. The zero-order valence-corrected chi connectivity index (χ0v) is 7.65. The van der Waals surface area contributed by atoms with Crippen LogP contribution < -0.4 is 0 Å². The molecule has 0 spiro atoms. The molecule has 6 nitrogen and oxygen atoms in total. The van der Waals surface area contributed by atoms with E-state index >= 15 is 0 Å². The summed E-state index contributed by atoms with van der Waals surface area (Å²) < 4.78 is 37.8. The van der Waals surface area contributed by atoms with E-state index in [-0.39, 0.29) is 6.54 Å². The van der Waals surface area contributed by atoms with E-state index in [0.717, 1.165) is 0 Å². The molecule has 0 radical (unpaired) electrons. The highest BCUT2D eigenvalue weighted by molar-refractivity contribution is 5.27. The quantitative estimate of drug-likeness (QED) is 0.577. The molecule has 0 amide bonds. The van der Waals surface area contributed by atoms with Gasteiger partial charge in [-0.05, 0) is 11.3 Å². The van der Waals surface area contributed by atoms with Crippen LogP contribution in [0, 0.1) is 10.1 Å². The van der Waals surface area contributed by atoms with Gasteiger partial charge in [-0.2, -0.15) is 13.2 Å². The van der Waals surface area contributed by atoms with E-state index in [1.165, 1.54) is 0 Å². The molecule has 0 saturated carbocycles. The van der Waals surface area contributed by atoms with Gasteiger partial charge in [0.05, 0.1) is 5.21 Å². The molecule has 1 heterocycles. The zero-order valence-electron chi connectivity index (χ0n) is 7.65. The molecular formula is C6H7F3N4O2. The fraction of sp³-hybridized carbons (Fsp3) is 0.667. The molecule has 1 aromatic rings. The molecule has 0 fully saturated rings. The third kappa shape index (κ3) is 2.22. The number of alkyl halides is 3. The van der Waals surface area contributed by atoms with Gasteiger partial charge in [0.2, 0.25) is 5.69 Å². The van der Waals surface area contributed by atoms with Crippen LogP contribution in [-0.2, 0) is 12.7 Å². The standard InChI is InChI=1S/C6H7F3N4O2/c1-2-3-12-4(6(7,8)9)5(10-11-12)13(14)15/h2-3H2,1H3. The summed E-state index contributed by atoms with van der Waals surface area (Å²) in [5, 5.41) is 16.3. The highest BCUT2D eigenvalue weighted by Crippen LogP contribution is 2.34. The summed E-state index contributed by atoms with van der Waals surface area (Å²) in [6.45, 7) is 1.57. The van der Waals surface area contributed by atoms with Crippen molar-refractivity contribution in [1.29, 1.82) is 0 Å². The topological polar surface area (TPSA) is 73.8 Å². The van der Waals surface area contributed by atoms with E-state index in [1.54, 1.807) is 6.92 Å². The number of aryl methyl sites for hydroxylation is 1. The van der Waals surface area contributed by atoms with Gasteiger partial charge >= 0.3 is 12.0 Å². The lowest BCUT2D eigenvalue weighted by molar-refractivity contribution is -0.392. The molecular weight excluding hydrogens is 217 g/mol. The van der Waals surface area contributed by atoms with Gasteiger partial charge in [0.1, 0.15) is 5.10 Å². The lowest BCUT2D eigenvalue weighted by Crippen LogP contribution is -2.16. The Morgan fingerprint density at radius 3 is 2.53 bits per heavy atom. The van der Waals surface area contributed by atoms with Crippen LogP contribution >= 0.6 is 0 Å². The van der Waals surface area contributed by atoms with Gasteiger partial charge in [0.15, 0.2) is 0 Å². The van der Waals surface area contributed by atoms with E-state index in [0.29, 0.717) is 11.1 Å². The summed E-state index contributed by atoms with van der Waals surface area (Å²) in [5.74, 6) is -1.25. The van der Waals surface area contributed by atoms with Gasteiger partial charge in [-0.15, -0.1) is 0 Å². The zero-order chi connectivity index (χ0) is 11.6. The molecule has 0 aliphatic heterocycles. The van der Waals surface area contributed by atoms with Crippen molar-refractivity contribution in [1.82, 2.24) is 15.0 Å². The van der Waals surface area contributed by atoms with Crippen LogP contribution in [0.2, 0.25) is 0 Å². The van der Waals surface area contributed by atoms with Crippen LogP contribution in [0.15, 0.2) is 0 Å². The maximum Gasteiger partial charge on any atom is 0.441 e. The maximum atomic E-state index is 12.4. The second kappa shape index (κ2) is 3.83. The second-order valence-corrected chi connectivity index (χ2v) is 2.74. The van der Waals surface area contributed by atoms with Crippen LogP contribution in [0.1, 0.15) is 19.0 Å². The molecule has 1 aromatic heterocycles. The summed E-state index contributed by atoms with van der Waals surface area (Å²) >= 11 is 0. The van der Waals surface area contributed by atoms with Gasteiger partial charge in [-0.25, -0.2) is 4.68 Å². The van der Waals surface area contributed by atoms with Gasteiger partial charge in [0, 0.05) is 6.54 Å². The number of hydrogen-bond donors (Lipinski definition) is 0. The van der Waals surface area contributed by atoms with Gasteiger partial charge in [-0.1, -0.05) is 6.92 Å². The van der Waals surface area contributed by atoms with E-state index < -0.39 is 22.6 Å². The van der Waals surface area contributed by atoms with Gasteiger partial charge in [0.25, 0.3) is 0 Å². The molecule has 9 heteroatoms. The Hall–Kier alpha value is -1.67. The Morgan fingerprint density at radius 2 is 2.13 bits per heavy atom. The Kier molecular flexibility index (Phi) is 2.91. The smallest absolute Gasteiger partial charge is 0.358 e. The number of hydrogen-bond acceptors (Lipinski definition) is 4. The third-order valence-corrected chi connectivity index (χ3v) is 1.59. The van der Waals surface area contributed by atoms with Crippen LogP contribution in [0.5, 0.6) is 0 Å². The Balaban J connectivity index is 3.27. The molecule has 0 atom stereocenters. The van der Waals surface area contributed by atoms with Crippen molar-refractivity contribution in [2.75, 3.05) is 0 Å². The van der Waals surface area contributed by atoms with Crippen LogP contribution in [0.25, 0.3) is 0 Å². The minimum Gasteiger partial charge on any atom is -0.358 e. The molecule has 0 bridgehead atoms. The summed E-state index contributed by atoms with van der Waals surface area (Å²) in [7, 11) is 0. The molecule has 0 aliphatic rings. The van der Waals surface area contributed by atoms with Crippen LogP contribution in [-0.4, -0.2) is 19.9 Å². The predicted molar refractivity (Wildman–Crippen MR) is 42.0 cm³/mol. The minimum absolute atomic E-state index is 0.0598. The molecule has 1 rings (SSSR count). The van der Waals surface area contributed by atoms with Crippen molar-refractivity contribution in [3.8, 4) is 0 Å². The van der Waals surface area contributed by atoms with E-state index in [4.69, 9.17) is 0 Å². The fourth-order valence-corrected chi connectivity index (χ4v) is 1.07. The van der Waals surface area contributed by atoms with Crippen LogP contribution in [0.4, 0.5) is 19.0 Å². The average Bonchev–Trinajstić information content (AvgIpc) is 2.47. The van der Waals surface area contributed by atoms with Crippen molar-refractivity contribution in [3.05, 3.63) is 15.8 Å². The third-order valence-electron chi connectivity index (χ3n) is 1.59. The lowest BCUT2D eigenvalue weighted by atomic mass is 10.4. The highest BCUT2D eigenvalue weighted by Gasteiger charge is 2.45. The molecule has 0 aromatic carbocycles. The fourth-order valence-electron chi connectivity index (χ4n) is 1.07. The molecule has 0 unspecified atom stereocenters. The van der Waals surface area contributed by atoms with E-state index in [1.807, 2.05) is 0 Å². The molecule has 0 saturated heterocycles. The van der Waals surface area contributed by atoms with Crippen molar-refractivity contribution in [2.24, 2.45) is 0 Å². The average molecular weight is 224 g/mol. The van der Waals surface area contributed by atoms with Crippen molar-refractivity contribution < 1.29 is 18.1 Å². The largest absolute Gasteiger partial charge is 0.441 e. The molecule has 0 aliphatic carbocycles. The SMILES string of the molecule is CCCn1nnc([N+](=O)[O-])c1C(F)(F)F. The Bertz CT molecular complexity index is 373. The minimum atomic E-state index is -4.82. The Morgan fingerprint density at radius 1 is 1.53 bits per heavy atom. The molecule has 84 valence electrons. The number of nitrogens with zero attached hydrogens (tertiary/aromatic N) is 4. The maximum absolute atomic E-state index is 12.4. The number of nitro groups is 1. The first-order valence-electron chi connectivity index (χ1n) is 4.03. The first kappa shape index (κ1) is 11.4. The van der Waals surface area contributed by atoms with Gasteiger partial charge in [-0.3, -0.25) is 0 Å². The molecule has 15 heavy (non-hydrogen) atoms. The van der Waals surface area contributed by atoms with Crippen LogP contribution in [0.3, 0.4) is 0 Å². The van der Waals surface area contributed by atoms with Crippen molar-refractivity contribution in [3.63, 3.8) is 0 Å². The van der Waals surface area contributed by atoms with Crippen molar-refractivity contribution >= 4 is 5.82 Å². The summed E-state index contributed by atoms with van der Waals surface area (Å²) in [6, 6.07) is 0.